The van der Waals surface area contributed by atoms with Crippen LogP contribution >= 0.6 is 11.3 Å². The third kappa shape index (κ3) is 2.32. The van der Waals surface area contributed by atoms with Crippen LogP contribution in [0.4, 0.5) is 5.82 Å². The molecule has 1 aliphatic carbocycles. The number of anilines is 1. The fourth-order valence-corrected chi connectivity index (χ4v) is 3.46. The topological polar surface area (TPSA) is 46.6 Å². The van der Waals surface area contributed by atoms with Gasteiger partial charge in [0.15, 0.2) is 5.82 Å². The fourth-order valence-electron chi connectivity index (χ4n) is 2.80. The number of hydrogen-bond donors (Lipinski definition) is 1. The summed E-state index contributed by atoms with van der Waals surface area (Å²) in [5.74, 6) is 1.05. The van der Waals surface area contributed by atoms with E-state index < -0.39 is 0 Å². The molecule has 0 aliphatic heterocycles. The van der Waals surface area contributed by atoms with E-state index >= 15 is 0 Å². The normalized spacial score (nSPS) is 14.7. The molecule has 21 heavy (non-hydrogen) atoms. The molecular weight excluding hydrogens is 280 g/mol. The highest BCUT2D eigenvalue weighted by atomic mass is 32.1. The first kappa shape index (κ1) is 12.9. The molecule has 3 aromatic heterocycles. The zero-order valence-corrected chi connectivity index (χ0v) is 12.6. The van der Waals surface area contributed by atoms with E-state index in [1.54, 1.807) is 11.3 Å². The van der Waals surface area contributed by atoms with Gasteiger partial charge in [-0.1, -0.05) is 6.07 Å². The summed E-state index contributed by atoms with van der Waals surface area (Å²) in [4.78, 5) is 7.27. The Morgan fingerprint density at radius 2 is 2.24 bits per heavy atom. The molecule has 3 heterocycles. The summed E-state index contributed by atoms with van der Waals surface area (Å²) in [6.07, 6.45) is 4.55. The summed E-state index contributed by atoms with van der Waals surface area (Å²) in [7, 11) is 0. The molecule has 3 aromatic rings. The maximum Gasteiger partial charge on any atom is 0.153 e. The third-order valence-corrected chi connectivity index (χ3v) is 4.73. The molecular formula is C16H18N4S. The van der Waals surface area contributed by atoms with E-state index in [1.807, 2.05) is 24.4 Å². The average molecular weight is 298 g/mol. The van der Waals surface area contributed by atoms with Crippen molar-refractivity contribution >= 4 is 22.8 Å². The molecule has 108 valence electrons. The standard InChI is InChI=1S/C16H18N4S/c17-9-14-16(18-15-3-1-2-7-19(14)15)20(13-4-5-13)10-12-6-8-21-11-12/h1-3,6-8,11,13H,4-5,9-10,17H2. The van der Waals surface area contributed by atoms with Crippen molar-refractivity contribution in [1.82, 2.24) is 9.38 Å². The number of nitrogens with zero attached hydrogens (tertiary/aromatic N) is 3. The third-order valence-electron chi connectivity index (χ3n) is 3.99. The molecule has 1 saturated carbocycles. The molecule has 4 nitrogen and oxygen atoms in total. The minimum absolute atomic E-state index is 0.507. The second-order valence-electron chi connectivity index (χ2n) is 5.51. The lowest BCUT2D eigenvalue weighted by atomic mass is 10.3. The van der Waals surface area contributed by atoms with Gasteiger partial charge in [0, 0.05) is 25.3 Å². The molecule has 0 aromatic carbocycles. The van der Waals surface area contributed by atoms with Gasteiger partial charge in [-0.2, -0.15) is 11.3 Å². The van der Waals surface area contributed by atoms with E-state index in [2.05, 4.69) is 26.1 Å². The molecule has 0 amide bonds. The summed E-state index contributed by atoms with van der Waals surface area (Å²) in [6, 6.07) is 8.89. The van der Waals surface area contributed by atoms with Gasteiger partial charge in [0.2, 0.25) is 0 Å². The Balaban J connectivity index is 1.78. The van der Waals surface area contributed by atoms with Crippen LogP contribution in [-0.4, -0.2) is 15.4 Å². The Morgan fingerprint density at radius 3 is 2.95 bits per heavy atom. The second-order valence-corrected chi connectivity index (χ2v) is 6.29. The first-order valence-electron chi connectivity index (χ1n) is 7.30. The summed E-state index contributed by atoms with van der Waals surface area (Å²) in [5, 5.41) is 4.35. The molecule has 0 spiro atoms. The lowest BCUT2D eigenvalue weighted by Crippen LogP contribution is -2.26. The zero-order chi connectivity index (χ0) is 14.2. The van der Waals surface area contributed by atoms with Crippen LogP contribution in [0.5, 0.6) is 0 Å². The van der Waals surface area contributed by atoms with Gasteiger partial charge in [0.1, 0.15) is 5.65 Å². The first-order chi connectivity index (χ1) is 10.4. The Hall–Kier alpha value is -1.85. The summed E-state index contributed by atoms with van der Waals surface area (Å²) in [6.45, 7) is 1.43. The Morgan fingerprint density at radius 1 is 1.33 bits per heavy atom. The molecule has 1 fully saturated rings. The quantitative estimate of drug-likeness (QED) is 0.787. The Labute approximate surface area is 127 Å². The number of rotatable bonds is 5. The SMILES string of the molecule is NCc1c(N(Cc2ccsc2)C2CC2)nc2ccccn12. The van der Waals surface area contributed by atoms with Crippen molar-refractivity contribution in [3.8, 4) is 0 Å². The predicted molar refractivity (Wildman–Crippen MR) is 86.6 cm³/mol. The van der Waals surface area contributed by atoms with E-state index in [1.165, 1.54) is 18.4 Å². The lowest BCUT2D eigenvalue weighted by Gasteiger charge is -2.23. The molecule has 4 rings (SSSR count). The van der Waals surface area contributed by atoms with Crippen LogP contribution in [0.3, 0.4) is 0 Å². The van der Waals surface area contributed by atoms with Gasteiger partial charge >= 0.3 is 0 Å². The number of pyridine rings is 1. The molecule has 0 saturated heterocycles. The van der Waals surface area contributed by atoms with Gasteiger partial charge in [0.05, 0.1) is 5.69 Å². The smallest absolute Gasteiger partial charge is 0.153 e. The highest BCUT2D eigenvalue weighted by molar-refractivity contribution is 7.07. The number of aromatic nitrogens is 2. The molecule has 1 aliphatic rings. The average Bonchev–Trinajstić information content (AvgIpc) is 3.10. The van der Waals surface area contributed by atoms with Crippen LogP contribution in [0.1, 0.15) is 24.1 Å². The van der Waals surface area contributed by atoms with Crippen molar-refractivity contribution in [3.05, 3.63) is 52.5 Å². The number of imidazole rings is 1. The van der Waals surface area contributed by atoms with Gasteiger partial charge in [-0.3, -0.25) is 0 Å². The van der Waals surface area contributed by atoms with Gasteiger partial charge in [-0.05, 0) is 47.4 Å². The Kier molecular flexibility index (Phi) is 3.16. The zero-order valence-electron chi connectivity index (χ0n) is 11.8. The van der Waals surface area contributed by atoms with E-state index in [0.29, 0.717) is 12.6 Å². The van der Waals surface area contributed by atoms with Crippen LogP contribution in [0.15, 0.2) is 41.2 Å². The summed E-state index contributed by atoms with van der Waals surface area (Å²) in [5.41, 5.74) is 9.44. The van der Waals surface area contributed by atoms with Crippen molar-refractivity contribution in [2.24, 2.45) is 5.73 Å². The molecule has 0 unspecified atom stereocenters. The maximum absolute atomic E-state index is 6.01. The number of thiophene rings is 1. The van der Waals surface area contributed by atoms with Crippen molar-refractivity contribution in [3.63, 3.8) is 0 Å². The molecule has 0 atom stereocenters. The minimum Gasteiger partial charge on any atom is -0.348 e. The van der Waals surface area contributed by atoms with Gasteiger partial charge in [-0.15, -0.1) is 0 Å². The molecule has 5 heteroatoms. The van der Waals surface area contributed by atoms with E-state index in [0.717, 1.165) is 23.7 Å². The van der Waals surface area contributed by atoms with Crippen molar-refractivity contribution < 1.29 is 0 Å². The van der Waals surface area contributed by atoms with Gasteiger partial charge in [-0.25, -0.2) is 4.98 Å². The monoisotopic (exact) mass is 298 g/mol. The van der Waals surface area contributed by atoms with Crippen LogP contribution in [0.25, 0.3) is 5.65 Å². The van der Waals surface area contributed by atoms with Crippen LogP contribution in [-0.2, 0) is 13.1 Å². The van der Waals surface area contributed by atoms with Crippen molar-refractivity contribution in [2.45, 2.75) is 32.0 Å². The lowest BCUT2D eigenvalue weighted by molar-refractivity contribution is 0.772. The number of fused-ring (bicyclic) bond motifs is 1. The predicted octanol–water partition coefficient (Wildman–Crippen LogP) is 3.02. The fraction of sp³-hybridized carbons (Fsp3) is 0.312. The van der Waals surface area contributed by atoms with Crippen molar-refractivity contribution in [1.29, 1.82) is 0 Å². The molecule has 0 radical (unpaired) electrons. The van der Waals surface area contributed by atoms with E-state index in [-0.39, 0.29) is 0 Å². The largest absolute Gasteiger partial charge is 0.348 e. The highest BCUT2D eigenvalue weighted by Crippen LogP contribution is 2.35. The van der Waals surface area contributed by atoms with Gasteiger partial charge in [0.25, 0.3) is 0 Å². The van der Waals surface area contributed by atoms with Crippen LogP contribution < -0.4 is 10.6 Å². The maximum atomic E-state index is 6.01. The van der Waals surface area contributed by atoms with E-state index in [4.69, 9.17) is 10.7 Å². The van der Waals surface area contributed by atoms with Crippen LogP contribution in [0.2, 0.25) is 0 Å². The van der Waals surface area contributed by atoms with Crippen LogP contribution in [0, 0.1) is 0 Å². The highest BCUT2D eigenvalue weighted by Gasteiger charge is 2.32. The second kappa shape index (κ2) is 5.16. The van der Waals surface area contributed by atoms with Gasteiger partial charge < -0.3 is 15.0 Å². The molecule has 2 N–H and O–H groups in total. The molecule has 0 bridgehead atoms. The minimum atomic E-state index is 0.507. The number of nitrogens with two attached hydrogens (primary N) is 1. The van der Waals surface area contributed by atoms with Crippen molar-refractivity contribution in [2.75, 3.05) is 4.90 Å². The van der Waals surface area contributed by atoms with E-state index in [9.17, 15) is 0 Å². The Bertz CT molecular complexity index is 743. The summed E-state index contributed by atoms with van der Waals surface area (Å²) >= 11 is 1.75. The first-order valence-corrected chi connectivity index (χ1v) is 8.25. The number of hydrogen-bond acceptors (Lipinski definition) is 4. The summed E-state index contributed by atoms with van der Waals surface area (Å²) < 4.78 is 2.11.